The molecule has 0 atom stereocenters. The van der Waals surface area contributed by atoms with Gasteiger partial charge in [-0.2, -0.15) is 0 Å². The highest BCUT2D eigenvalue weighted by Gasteiger charge is 2.16. The smallest absolute Gasteiger partial charge is 0.223 e. The molecule has 138 valence electrons. The van der Waals surface area contributed by atoms with Gasteiger partial charge in [0.2, 0.25) is 5.91 Å². The number of amides is 1. The van der Waals surface area contributed by atoms with E-state index >= 15 is 0 Å². The fraction of sp³-hybridized carbons (Fsp3) is 0.316. The van der Waals surface area contributed by atoms with E-state index in [0.29, 0.717) is 42.2 Å². The summed E-state index contributed by atoms with van der Waals surface area (Å²) in [6.07, 6.45) is 0.582. The number of carbonyl (C=O) groups is 1. The lowest BCUT2D eigenvalue weighted by molar-refractivity contribution is -0.121. The Morgan fingerprint density at radius 3 is 2.92 bits per heavy atom. The fourth-order valence-electron chi connectivity index (χ4n) is 2.69. The largest absolute Gasteiger partial charge is 0.493 e. The minimum Gasteiger partial charge on any atom is -0.493 e. The van der Waals surface area contributed by atoms with Gasteiger partial charge < -0.3 is 19.5 Å². The second-order valence-corrected chi connectivity index (χ2v) is 5.82. The van der Waals surface area contributed by atoms with Crippen LogP contribution in [-0.2, 0) is 22.6 Å². The SMILES string of the molecule is O=C(CCOc1cccc(F)c1)NCCc1cc(F)cc2c1OCOC2. The topological polar surface area (TPSA) is 56.8 Å². The van der Waals surface area contributed by atoms with Gasteiger partial charge in [-0.3, -0.25) is 4.79 Å². The Labute approximate surface area is 149 Å². The molecule has 2 aromatic carbocycles. The van der Waals surface area contributed by atoms with Crippen molar-refractivity contribution in [3.63, 3.8) is 0 Å². The van der Waals surface area contributed by atoms with Crippen molar-refractivity contribution in [2.24, 2.45) is 0 Å². The summed E-state index contributed by atoms with van der Waals surface area (Å²) in [5, 5.41) is 2.75. The van der Waals surface area contributed by atoms with E-state index < -0.39 is 5.82 Å². The molecule has 0 saturated carbocycles. The van der Waals surface area contributed by atoms with Gasteiger partial charge in [0.25, 0.3) is 0 Å². The summed E-state index contributed by atoms with van der Waals surface area (Å²) in [4.78, 5) is 11.9. The van der Waals surface area contributed by atoms with Crippen molar-refractivity contribution in [1.29, 1.82) is 0 Å². The van der Waals surface area contributed by atoms with Crippen LogP contribution in [0.15, 0.2) is 36.4 Å². The molecular weight excluding hydrogens is 344 g/mol. The van der Waals surface area contributed by atoms with Gasteiger partial charge in [0, 0.05) is 18.2 Å². The van der Waals surface area contributed by atoms with E-state index in [4.69, 9.17) is 14.2 Å². The first-order valence-corrected chi connectivity index (χ1v) is 8.29. The highest BCUT2D eigenvalue weighted by atomic mass is 19.1. The molecular formula is C19H19F2NO4. The Morgan fingerprint density at radius 1 is 1.19 bits per heavy atom. The third-order valence-corrected chi connectivity index (χ3v) is 3.86. The van der Waals surface area contributed by atoms with Gasteiger partial charge in [0.15, 0.2) is 6.79 Å². The third-order valence-electron chi connectivity index (χ3n) is 3.86. The van der Waals surface area contributed by atoms with Crippen molar-refractivity contribution in [3.05, 3.63) is 59.2 Å². The zero-order valence-electron chi connectivity index (χ0n) is 14.1. The zero-order valence-corrected chi connectivity index (χ0v) is 14.1. The summed E-state index contributed by atoms with van der Waals surface area (Å²) in [6.45, 7) is 0.934. The molecule has 7 heteroatoms. The standard InChI is InChI=1S/C19H19F2NO4/c20-15-2-1-3-17(10-15)25-7-5-18(23)22-6-4-13-8-16(21)9-14-11-24-12-26-19(13)14/h1-3,8-10H,4-7,11-12H2,(H,22,23). The quantitative estimate of drug-likeness (QED) is 0.822. The van der Waals surface area contributed by atoms with Crippen LogP contribution in [0, 0.1) is 11.6 Å². The Kier molecular flexibility index (Phi) is 6.01. The normalized spacial score (nSPS) is 12.8. The Hall–Kier alpha value is -2.67. The number of ether oxygens (including phenoxy) is 3. The van der Waals surface area contributed by atoms with Gasteiger partial charge in [-0.25, -0.2) is 8.78 Å². The van der Waals surface area contributed by atoms with E-state index in [9.17, 15) is 13.6 Å². The number of benzene rings is 2. The van der Waals surface area contributed by atoms with Crippen LogP contribution in [0.2, 0.25) is 0 Å². The Balaban J connectivity index is 1.43. The van der Waals surface area contributed by atoms with E-state index in [2.05, 4.69) is 5.32 Å². The molecule has 1 aliphatic heterocycles. The molecule has 0 spiro atoms. The van der Waals surface area contributed by atoms with Gasteiger partial charge >= 0.3 is 0 Å². The maximum Gasteiger partial charge on any atom is 0.223 e. The lowest BCUT2D eigenvalue weighted by Crippen LogP contribution is -2.27. The molecule has 0 fully saturated rings. The van der Waals surface area contributed by atoms with Gasteiger partial charge in [-0.15, -0.1) is 0 Å². The van der Waals surface area contributed by atoms with Gasteiger partial charge in [-0.1, -0.05) is 6.07 Å². The van der Waals surface area contributed by atoms with Crippen molar-refractivity contribution in [3.8, 4) is 11.5 Å². The van der Waals surface area contributed by atoms with Gasteiger partial charge in [0.05, 0.1) is 19.6 Å². The van der Waals surface area contributed by atoms with Crippen LogP contribution in [0.3, 0.4) is 0 Å². The number of carbonyl (C=O) groups excluding carboxylic acids is 1. The molecule has 0 aromatic heterocycles. The molecule has 0 radical (unpaired) electrons. The number of hydrogen-bond acceptors (Lipinski definition) is 4. The van der Waals surface area contributed by atoms with Crippen LogP contribution in [0.4, 0.5) is 8.78 Å². The Morgan fingerprint density at radius 2 is 2.08 bits per heavy atom. The highest BCUT2D eigenvalue weighted by molar-refractivity contribution is 5.76. The molecule has 26 heavy (non-hydrogen) atoms. The minimum absolute atomic E-state index is 0.134. The monoisotopic (exact) mass is 363 g/mol. The molecule has 0 bridgehead atoms. The van der Waals surface area contributed by atoms with Crippen molar-refractivity contribution in [1.82, 2.24) is 5.32 Å². The molecule has 1 aliphatic rings. The number of halogens is 2. The third kappa shape index (κ3) is 4.92. The van der Waals surface area contributed by atoms with Crippen molar-refractivity contribution < 1.29 is 27.8 Å². The lowest BCUT2D eigenvalue weighted by Gasteiger charge is -2.21. The zero-order chi connectivity index (χ0) is 18.4. The first-order valence-electron chi connectivity index (χ1n) is 8.29. The predicted octanol–water partition coefficient (Wildman–Crippen LogP) is 2.96. The summed E-state index contributed by atoms with van der Waals surface area (Å²) in [6, 6.07) is 8.54. The summed E-state index contributed by atoms with van der Waals surface area (Å²) >= 11 is 0. The van der Waals surface area contributed by atoms with E-state index in [1.165, 1.54) is 30.3 Å². The van der Waals surface area contributed by atoms with Crippen LogP contribution in [0.5, 0.6) is 11.5 Å². The highest BCUT2D eigenvalue weighted by Crippen LogP contribution is 2.29. The van der Waals surface area contributed by atoms with E-state index in [0.717, 1.165) is 0 Å². The second kappa shape index (κ2) is 8.62. The van der Waals surface area contributed by atoms with Crippen LogP contribution >= 0.6 is 0 Å². The molecule has 1 heterocycles. The van der Waals surface area contributed by atoms with Crippen LogP contribution < -0.4 is 14.8 Å². The summed E-state index contributed by atoms with van der Waals surface area (Å²) < 4.78 is 42.6. The number of rotatable bonds is 7. The number of hydrogen-bond donors (Lipinski definition) is 1. The Bertz CT molecular complexity index is 782. The molecule has 1 N–H and O–H groups in total. The van der Waals surface area contributed by atoms with Crippen molar-refractivity contribution in [2.45, 2.75) is 19.4 Å². The molecule has 0 saturated heterocycles. The summed E-state index contributed by atoms with van der Waals surface area (Å²) in [5.41, 5.74) is 1.36. The molecule has 2 aromatic rings. The van der Waals surface area contributed by atoms with E-state index in [-0.39, 0.29) is 31.5 Å². The second-order valence-electron chi connectivity index (χ2n) is 5.82. The molecule has 0 unspecified atom stereocenters. The fourth-order valence-corrected chi connectivity index (χ4v) is 2.69. The summed E-state index contributed by atoms with van der Waals surface area (Å²) in [7, 11) is 0. The van der Waals surface area contributed by atoms with Crippen LogP contribution in [-0.4, -0.2) is 25.9 Å². The van der Waals surface area contributed by atoms with Crippen LogP contribution in [0.1, 0.15) is 17.5 Å². The average Bonchev–Trinajstić information content (AvgIpc) is 2.61. The first-order chi connectivity index (χ1) is 12.6. The number of fused-ring (bicyclic) bond motifs is 1. The molecule has 0 aliphatic carbocycles. The van der Waals surface area contributed by atoms with Crippen LogP contribution in [0.25, 0.3) is 0 Å². The number of nitrogens with one attached hydrogen (secondary N) is 1. The maximum atomic E-state index is 13.7. The average molecular weight is 363 g/mol. The molecule has 1 amide bonds. The minimum atomic E-state index is -0.391. The van der Waals surface area contributed by atoms with Crippen molar-refractivity contribution >= 4 is 5.91 Å². The van der Waals surface area contributed by atoms with E-state index in [1.54, 1.807) is 6.07 Å². The van der Waals surface area contributed by atoms with Crippen molar-refractivity contribution in [2.75, 3.05) is 19.9 Å². The predicted molar refractivity (Wildman–Crippen MR) is 89.9 cm³/mol. The first kappa shape index (κ1) is 18.1. The van der Waals surface area contributed by atoms with Gasteiger partial charge in [0.1, 0.15) is 23.1 Å². The lowest BCUT2D eigenvalue weighted by atomic mass is 10.1. The van der Waals surface area contributed by atoms with E-state index in [1.807, 2.05) is 0 Å². The summed E-state index contributed by atoms with van der Waals surface area (Å²) in [5.74, 6) is 0.0569. The molecule has 5 nitrogen and oxygen atoms in total. The molecule has 3 rings (SSSR count). The van der Waals surface area contributed by atoms with Gasteiger partial charge in [-0.05, 0) is 36.2 Å². The maximum absolute atomic E-state index is 13.7.